The number of pyridine rings is 1. The molecule has 0 unspecified atom stereocenters. The molecule has 5 rings (SSSR count). The Kier molecular flexibility index (Phi) is 8.96. The van der Waals surface area contributed by atoms with Crippen LogP contribution >= 0.6 is 11.6 Å². The molecule has 0 spiro atoms. The minimum absolute atomic E-state index is 0.181. The second kappa shape index (κ2) is 12.8. The molecule has 1 fully saturated rings. The summed E-state index contributed by atoms with van der Waals surface area (Å²) in [5.41, 5.74) is 2.69. The van der Waals surface area contributed by atoms with Crippen LogP contribution in [0.1, 0.15) is 54.3 Å². The van der Waals surface area contributed by atoms with Gasteiger partial charge < -0.3 is 30.1 Å². The SMILES string of the molecule is CCOc1cccc([C@@H](CO)NC(=O)[C@@H](C)N2Cc3ncc(-c4nc(NC5CCOCC5)ncc4Cl)cc3C2=O)c1. The first-order valence-corrected chi connectivity index (χ1v) is 14.1. The van der Waals surface area contributed by atoms with Crippen LogP contribution in [0.5, 0.6) is 5.75 Å². The van der Waals surface area contributed by atoms with Gasteiger partial charge in [0.15, 0.2) is 0 Å². The topological polar surface area (TPSA) is 139 Å². The maximum atomic E-state index is 13.4. The van der Waals surface area contributed by atoms with Gasteiger partial charge in [0.2, 0.25) is 11.9 Å². The number of halogens is 1. The molecule has 2 atom stereocenters. The molecular weight excluding hydrogens is 548 g/mol. The number of aliphatic hydroxyl groups is 1. The third-order valence-corrected chi connectivity index (χ3v) is 7.55. The second-order valence-corrected chi connectivity index (χ2v) is 10.4. The Labute approximate surface area is 243 Å². The summed E-state index contributed by atoms with van der Waals surface area (Å²) < 4.78 is 10.9. The average molecular weight is 581 g/mol. The molecule has 4 heterocycles. The highest BCUT2D eigenvalue weighted by atomic mass is 35.5. The Morgan fingerprint density at radius 1 is 1.24 bits per heavy atom. The van der Waals surface area contributed by atoms with Crippen molar-refractivity contribution in [1.29, 1.82) is 0 Å². The quantitative estimate of drug-likeness (QED) is 0.329. The van der Waals surface area contributed by atoms with Crippen LogP contribution in [0.15, 0.2) is 42.7 Å². The molecule has 216 valence electrons. The molecule has 3 aromatic rings. The number of nitrogens with one attached hydrogen (secondary N) is 2. The average Bonchev–Trinajstić information content (AvgIpc) is 3.32. The molecule has 11 nitrogen and oxygen atoms in total. The number of amides is 2. The van der Waals surface area contributed by atoms with E-state index in [9.17, 15) is 14.7 Å². The summed E-state index contributed by atoms with van der Waals surface area (Å²) in [7, 11) is 0. The van der Waals surface area contributed by atoms with Gasteiger partial charge in [0, 0.05) is 31.0 Å². The minimum Gasteiger partial charge on any atom is -0.494 e. The first kappa shape index (κ1) is 28.7. The fourth-order valence-corrected chi connectivity index (χ4v) is 5.15. The molecule has 41 heavy (non-hydrogen) atoms. The van der Waals surface area contributed by atoms with Crippen molar-refractivity contribution in [3.05, 3.63) is 64.6 Å². The molecule has 2 aliphatic rings. The van der Waals surface area contributed by atoms with Gasteiger partial charge in [-0.3, -0.25) is 14.6 Å². The van der Waals surface area contributed by atoms with E-state index in [1.807, 2.05) is 13.0 Å². The molecule has 0 bridgehead atoms. The van der Waals surface area contributed by atoms with E-state index < -0.39 is 18.0 Å². The Hall–Kier alpha value is -3.80. The van der Waals surface area contributed by atoms with Gasteiger partial charge in [-0.15, -0.1) is 0 Å². The third-order valence-electron chi connectivity index (χ3n) is 7.27. The highest BCUT2D eigenvalue weighted by Crippen LogP contribution is 2.31. The first-order valence-electron chi connectivity index (χ1n) is 13.7. The fourth-order valence-electron chi connectivity index (χ4n) is 4.95. The zero-order valence-electron chi connectivity index (χ0n) is 23.0. The summed E-state index contributed by atoms with van der Waals surface area (Å²) in [6.45, 7) is 5.28. The smallest absolute Gasteiger partial charge is 0.256 e. The monoisotopic (exact) mass is 580 g/mol. The highest BCUT2D eigenvalue weighted by Gasteiger charge is 2.36. The molecule has 3 N–H and O–H groups in total. The van der Waals surface area contributed by atoms with E-state index in [0.29, 0.717) is 64.6 Å². The van der Waals surface area contributed by atoms with Crippen LogP contribution in [0.25, 0.3) is 11.3 Å². The van der Waals surface area contributed by atoms with Crippen molar-refractivity contribution in [2.45, 2.75) is 51.4 Å². The molecule has 2 aliphatic heterocycles. The Bertz CT molecular complexity index is 1420. The summed E-state index contributed by atoms with van der Waals surface area (Å²) >= 11 is 6.44. The van der Waals surface area contributed by atoms with Gasteiger partial charge in [-0.1, -0.05) is 23.7 Å². The molecule has 1 saturated heterocycles. The number of hydrogen-bond donors (Lipinski definition) is 3. The number of aliphatic hydroxyl groups excluding tert-OH is 1. The van der Waals surface area contributed by atoms with Gasteiger partial charge >= 0.3 is 0 Å². The summed E-state index contributed by atoms with van der Waals surface area (Å²) in [4.78, 5) is 41.5. The molecule has 0 saturated carbocycles. The van der Waals surface area contributed by atoms with E-state index in [1.165, 1.54) is 11.1 Å². The lowest BCUT2D eigenvalue weighted by atomic mass is 10.1. The number of fused-ring (bicyclic) bond motifs is 1. The van der Waals surface area contributed by atoms with Crippen molar-refractivity contribution in [2.24, 2.45) is 0 Å². The van der Waals surface area contributed by atoms with Crippen LogP contribution in [0, 0.1) is 0 Å². The molecule has 2 aromatic heterocycles. The number of rotatable bonds is 10. The van der Waals surface area contributed by atoms with E-state index in [2.05, 4.69) is 25.6 Å². The number of hydrogen-bond acceptors (Lipinski definition) is 9. The summed E-state index contributed by atoms with van der Waals surface area (Å²) in [5, 5.41) is 16.5. The Balaban J connectivity index is 1.29. The van der Waals surface area contributed by atoms with Crippen molar-refractivity contribution < 1.29 is 24.2 Å². The van der Waals surface area contributed by atoms with Gasteiger partial charge in [0.25, 0.3) is 5.91 Å². The molecular formula is C29H33ClN6O5. The van der Waals surface area contributed by atoms with Crippen molar-refractivity contribution >= 4 is 29.4 Å². The van der Waals surface area contributed by atoms with Crippen LogP contribution in [0.2, 0.25) is 5.02 Å². The van der Waals surface area contributed by atoms with Crippen molar-refractivity contribution in [1.82, 2.24) is 25.2 Å². The lowest BCUT2D eigenvalue weighted by Crippen LogP contribution is -2.46. The van der Waals surface area contributed by atoms with Gasteiger partial charge in [0.05, 0.1) is 54.0 Å². The number of aromatic nitrogens is 3. The third kappa shape index (κ3) is 6.42. The number of carbonyl (C=O) groups excluding carboxylic acids is 2. The van der Waals surface area contributed by atoms with Gasteiger partial charge in [-0.05, 0) is 50.5 Å². The summed E-state index contributed by atoms with van der Waals surface area (Å²) in [5.74, 6) is 0.380. The zero-order chi connectivity index (χ0) is 28.9. The van der Waals surface area contributed by atoms with Crippen molar-refractivity contribution in [2.75, 3.05) is 31.7 Å². The Morgan fingerprint density at radius 2 is 2.05 bits per heavy atom. The molecule has 2 amide bonds. The fraction of sp³-hybridized carbons (Fsp3) is 0.414. The van der Waals surface area contributed by atoms with Crippen molar-refractivity contribution in [3.63, 3.8) is 0 Å². The molecule has 12 heteroatoms. The van der Waals surface area contributed by atoms with E-state index >= 15 is 0 Å². The van der Waals surface area contributed by atoms with Crippen LogP contribution in [-0.2, 0) is 16.1 Å². The minimum atomic E-state index is -0.804. The summed E-state index contributed by atoms with van der Waals surface area (Å²) in [6.07, 6.45) is 4.87. The van der Waals surface area contributed by atoms with Crippen LogP contribution in [0.4, 0.5) is 5.95 Å². The first-order chi connectivity index (χ1) is 19.9. The van der Waals surface area contributed by atoms with Gasteiger partial charge in [0.1, 0.15) is 11.8 Å². The lowest BCUT2D eigenvalue weighted by Gasteiger charge is -2.26. The lowest BCUT2D eigenvalue weighted by molar-refractivity contribution is -0.126. The van der Waals surface area contributed by atoms with Crippen LogP contribution < -0.4 is 15.4 Å². The number of anilines is 1. The van der Waals surface area contributed by atoms with E-state index in [1.54, 1.807) is 37.4 Å². The maximum absolute atomic E-state index is 13.4. The standard InChI is InChI=1S/C29H33ClN6O5/c1-3-41-21-6-4-5-18(11-21)25(16-37)34-27(38)17(2)36-15-24-22(28(36)39)12-19(13-31-24)26-23(30)14-32-29(35-26)33-20-7-9-40-10-8-20/h4-6,11-14,17,20,25,37H,3,7-10,15-16H2,1-2H3,(H,34,38)(H,32,33,35)/t17-,25-/m1/s1. The van der Waals surface area contributed by atoms with Crippen molar-refractivity contribution in [3.8, 4) is 17.0 Å². The van der Waals surface area contributed by atoms with E-state index in [-0.39, 0.29) is 25.1 Å². The molecule has 1 aromatic carbocycles. The van der Waals surface area contributed by atoms with Gasteiger partial charge in [-0.25, -0.2) is 9.97 Å². The largest absolute Gasteiger partial charge is 0.494 e. The van der Waals surface area contributed by atoms with Crippen LogP contribution in [0.3, 0.4) is 0 Å². The zero-order valence-corrected chi connectivity index (χ0v) is 23.7. The molecule has 0 radical (unpaired) electrons. The van der Waals surface area contributed by atoms with E-state index in [0.717, 1.165) is 12.8 Å². The van der Waals surface area contributed by atoms with Gasteiger partial charge in [-0.2, -0.15) is 0 Å². The maximum Gasteiger partial charge on any atom is 0.256 e. The predicted molar refractivity (Wildman–Crippen MR) is 153 cm³/mol. The number of nitrogens with zero attached hydrogens (tertiary/aromatic N) is 4. The van der Waals surface area contributed by atoms with Crippen LogP contribution in [-0.4, -0.2) is 75.3 Å². The second-order valence-electron chi connectivity index (χ2n) is 10.00. The Morgan fingerprint density at radius 3 is 2.80 bits per heavy atom. The predicted octanol–water partition coefficient (Wildman–Crippen LogP) is 3.38. The highest BCUT2D eigenvalue weighted by molar-refractivity contribution is 6.33. The van der Waals surface area contributed by atoms with E-state index in [4.69, 9.17) is 21.1 Å². The number of ether oxygens (including phenoxy) is 2. The number of benzene rings is 1. The normalized spacial score (nSPS) is 16.7. The molecule has 0 aliphatic carbocycles. The summed E-state index contributed by atoms with van der Waals surface area (Å²) in [6, 6.07) is 7.65. The number of carbonyl (C=O) groups is 2.